The maximum atomic E-state index is 12.3. The van der Waals surface area contributed by atoms with Crippen molar-refractivity contribution >= 4 is 22.1 Å². The van der Waals surface area contributed by atoms with E-state index in [-0.39, 0.29) is 116 Å². The van der Waals surface area contributed by atoms with Crippen LogP contribution in [0.15, 0.2) is 12.7 Å². The molecule has 0 bridgehead atoms. The summed E-state index contributed by atoms with van der Waals surface area (Å²) in [4.78, 5) is 22.5. The van der Waals surface area contributed by atoms with Gasteiger partial charge in [-0.2, -0.15) is 8.42 Å². The number of carbonyl (C=O) groups excluding carboxylic acids is 2. The minimum Gasteiger partial charge on any atom is -0.550 e. The molecule has 1 aliphatic rings. The van der Waals surface area contributed by atoms with Crippen molar-refractivity contribution in [2.45, 2.75) is 43.3 Å². The van der Waals surface area contributed by atoms with E-state index in [0.717, 1.165) is 12.5 Å². The average molecular weight is 397 g/mol. The molecule has 1 atom stereocenters. The first kappa shape index (κ1) is 27.1. The molecule has 1 aliphatic carbocycles. The third kappa shape index (κ3) is 6.83. The summed E-state index contributed by atoms with van der Waals surface area (Å²) >= 11 is 0. The summed E-state index contributed by atoms with van der Waals surface area (Å²) in [7, 11) is -4.69. The predicted molar refractivity (Wildman–Crippen MR) is 69.0 cm³/mol. The van der Waals surface area contributed by atoms with Crippen LogP contribution in [0.3, 0.4) is 0 Å². The van der Waals surface area contributed by atoms with Crippen LogP contribution in [-0.2, 0) is 23.9 Å². The molecule has 10 heteroatoms. The van der Waals surface area contributed by atoms with Crippen LogP contribution in [0.1, 0.15) is 38.5 Å². The molecule has 0 aromatic rings. The first-order valence-electron chi connectivity index (χ1n) is 6.69. The summed E-state index contributed by atoms with van der Waals surface area (Å²) in [5, 5.41) is 22.5. The second-order valence-electron chi connectivity index (χ2n) is 5.09. The Kier molecular flexibility index (Phi) is 14.5. The SMILES string of the molecule is C=CCOS(=O)(=O)C(CC(=O)[O-])(C(=O)[O-])C1CCCCC1.[K+].[K+]. The van der Waals surface area contributed by atoms with Gasteiger partial charge in [-0.05, 0) is 18.8 Å². The molecule has 0 spiro atoms. The Bertz CT molecular complexity index is 514. The van der Waals surface area contributed by atoms with Crippen molar-refractivity contribution in [3.8, 4) is 0 Å². The third-order valence-electron chi connectivity index (χ3n) is 3.80. The van der Waals surface area contributed by atoms with E-state index >= 15 is 0 Å². The molecule has 0 saturated heterocycles. The number of hydrogen-bond donors (Lipinski definition) is 0. The zero-order valence-corrected chi connectivity index (χ0v) is 20.6. The molecule has 0 aromatic heterocycles. The number of carbonyl (C=O) groups is 2. The molecular weight excluding hydrogens is 378 g/mol. The van der Waals surface area contributed by atoms with Crippen molar-refractivity contribution in [1.82, 2.24) is 0 Å². The van der Waals surface area contributed by atoms with Crippen molar-refractivity contribution in [2.75, 3.05) is 6.61 Å². The van der Waals surface area contributed by atoms with Gasteiger partial charge in [0.15, 0.2) is 0 Å². The van der Waals surface area contributed by atoms with Gasteiger partial charge in [-0.1, -0.05) is 25.3 Å². The molecule has 0 heterocycles. The normalized spacial score (nSPS) is 17.9. The minimum atomic E-state index is -4.69. The number of hydrogen-bond acceptors (Lipinski definition) is 7. The van der Waals surface area contributed by atoms with Gasteiger partial charge in [-0.3, -0.25) is 4.18 Å². The summed E-state index contributed by atoms with van der Waals surface area (Å²) in [6.45, 7) is 2.85. The van der Waals surface area contributed by atoms with E-state index in [9.17, 15) is 28.2 Å². The van der Waals surface area contributed by atoms with E-state index in [4.69, 9.17) is 0 Å². The monoisotopic (exact) mass is 396 g/mol. The van der Waals surface area contributed by atoms with Gasteiger partial charge in [0, 0.05) is 12.4 Å². The molecule has 1 rings (SSSR count). The quantitative estimate of drug-likeness (QED) is 0.227. The first-order chi connectivity index (χ1) is 9.78. The Hall–Kier alpha value is 1.86. The summed E-state index contributed by atoms with van der Waals surface area (Å²) in [6, 6.07) is 0. The van der Waals surface area contributed by atoms with Gasteiger partial charge in [0.25, 0.3) is 10.1 Å². The molecule has 0 N–H and O–H groups in total. The van der Waals surface area contributed by atoms with Gasteiger partial charge in [-0.15, -0.1) is 6.58 Å². The van der Waals surface area contributed by atoms with Gasteiger partial charge in [-0.25, -0.2) is 0 Å². The summed E-state index contributed by atoms with van der Waals surface area (Å²) in [6.07, 6.45) is 2.64. The Morgan fingerprint density at radius 2 is 1.70 bits per heavy atom. The summed E-state index contributed by atoms with van der Waals surface area (Å²) in [5.41, 5.74) is 0. The van der Waals surface area contributed by atoms with Gasteiger partial charge >= 0.3 is 103 Å². The summed E-state index contributed by atoms with van der Waals surface area (Å²) in [5.74, 6) is -4.60. The van der Waals surface area contributed by atoms with Crippen LogP contribution in [0.25, 0.3) is 0 Å². The molecule has 7 nitrogen and oxygen atoms in total. The van der Waals surface area contributed by atoms with E-state index < -0.39 is 45.7 Å². The van der Waals surface area contributed by atoms with Gasteiger partial charge in [0.1, 0.15) is 4.75 Å². The van der Waals surface area contributed by atoms with E-state index in [1.54, 1.807) is 0 Å². The van der Waals surface area contributed by atoms with Gasteiger partial charge in [0.2, 0.25) is 0 Å². The predicted octanol–water partition coefficient (Wildman–Crippen LogP) is -7.26. The maximum absolute atomic E-state index is 12.3. The fourth-order valence-corrected chi connectivity index (χ4v) is 4.43. The van der Waals surface area contributed by atoms with E-state index in [2.05, 4.69) is 10.8 Å². The molecule has 0 radical (unpaired) electrons. The van der Waals surface area contributed by atoms with Gasteiger partial charge in [0.05, 0.1) is 12.6 Å². The van der Waals surface area contributed by atoms with Crippen molar-refractivity contribution in [3.05, 3.63) is 12.7 Å². The molecule has 0 amide bonds. The van der Waals surface area contributed by atoms with Crippen molar-refractivity contribution in [2.24, 2.45) is 5.92 Å². The molecule has 1 fully saturated rings. The zero-order chi connectivity index (χ0) is 16.1. The molecule has 0 aromatic carbocycles. The Morgan fingerprint density at radius 1 is 1.17 bits per heavy atom. The van der Waals surface area contributed by atoms with E-state index in [0.29, 0.717) is 12.8 Å². The Balaban J connectivity index is 0. The molecular formula is C13H18K2O7S. The molecule has 1 saturated carbocycles. The third-order valence-corrected chi connectivity index (χ3v) is 5.79. The molecule has 120 valence electrons. The van der Waals surface area contributed by atoms with Crippen molar-refractivity contribution in [1.29, 1.82) is 0 Å². The number of carboxylic acid groups (broad SMARTS) is 2. The maximum Gasteiger partial charge on any atom is 1.00 e. The van der Waals surface area contributed by atoms with Crippen LogP contribution in [0.5, 0.6) is 0 Å². The Labute approximate surface area is 221 Å². The largest absolute Gasteiger partial charge is 1.00 e. The van der Waals surface area contributed by atoms with Gasteiger partial charge < -0.3 is 19.8 Å². The van der Waals surface area contributed by atoms with E-state index in [1.165, 1.54) is 0 Å². The molecule has 1 unspecified atom stereocenters. The van der Waals surface area contributed by atoms with Crippen molar-refractivity contribution in [3.63, 3.8) is 0 Å². The van der Waals surface area contributed by atoms with E-state index in [1.807, 2.05) is 0 Å². The standard InChI is InChI=1S/C13H20O7S.2K/c1-2-8-20-21(18,19)13(12(16)17,9-11(14)15)10-6-4-3-5-7-10;;/h2,10H,1,3-9H2,(H,14,15)(H,16,17);;/q;2*+1/p-2. The smallest absolute Gasteiger partial charge is 0.550 e. The topological polar surface area (TPSA) is 124 Å². The van der Waals surface area contributed by atoms with Crippen LogP contribution >= 0.6 is 0 Å². The fourth-order valence-electron chi connectivity index (χ4n) is 2.80. The zero-order valence-electron chi connectivity index (χ0n) is 13.6. The molecule has 23 heavy (non-hydrogen) atoms. The van der Waals surface area contributed by atoms with Crippen molar-refractivity contribution < 1.29 is 135 Å². The van der Waals surface area contributed by atoms with Crippen LogP contribution in [0.2, 0.25) is 0 Å². The molecule has 0 aliphatic heterocycles. The average Bonchev–Trinajstić information content (AvgIpc) is 2.42. The van der Waals surface area contributed by atoms with Crippen LogP contribution in [0, 0.1) is 5.92 Å². The van der Waals surface area contributed by atoms with Crippen LogP contribution in [-0.4, -0.2) is 31.7 Å². The fraction of sp³-hybridized carbons (Fsp3) is 0.692. The second-order valence-corrected chi connectivity index (χ2v) is 6.96. The first-order valence-corrected chi connectivity index (χ1v) is 8.10. The number of carboxylic acids is 2. The number of aliphatic carboxylic acids is 2. The number of rotatable bonds is 8. The second kappa shape index (κ2) is 12.3. The summed E-state index contributed by atoms with van der Waals surface area (Å²) < 4.78 is 26.6. The minimum absolute atomic E-state index is 0. The van der Waals surface area contributed by atoms with Crippen LogP contribution < -0.4 is 113 Å². The Morgan fingerprint density at radius 3 is 2.09 bits per heavy atom. The van der Waals surface area contributed by atoms with Crippen LogP contribution in [0.4, 0.5) is 0 Å².